The van der Waals surface area contributed by atoms with Gasteiger partial charge in [-0.1, -0.05) is 0 Å². The fourth-order valence-corrected chi connectivity index (χ4v) is 0.232. The summed E-state index contributed by atoms with van der Waals surface area (Å²) in [6.45, 7) is 1.36. The Morgan fingerprint density at radius 3 is 2.40 bits per heavy atom. The van der Waals surface area contributed by atoms with Gasteiger partial charge < -0.3 is 5.32 Å². The van der Waals surface area contributed by atoms with Gasteiger partial charge in [0.25, 0.3) is 0 Å². The lowest BCUT2D eigenvalue weighted by Crippen LogP contribution is -2.31. The van der Waals surface area contributed by atoms with Crippen LogP contribution < -0.4 is 5.32 Å². The summed E-state index contributed by atoms with van der Waals surface area (Å²) in [4.78, 5) is 12.7. The number of rotatable bonds is 1. The predicted octanol–water partition coefficient (Wildman–Crippen LogP) is 0.959. The van der Waals surface area contributed by atoms with Gasteiger partial charge >= 0.3 is 12.2 Å². The van der Waals surface area contributed by atoms with Crippen molar-refractivity contribution < 1.29 is 18.0 Å². The zero-order valence-electron chi connectivity index (χ0n) is 4.90. The van der Waals surface area contributed by atoms with E-state index in [1.807, 2.05) is 0 Å². The zero-order valence-corrected chi connectivity index (χ0v) is 4.90. The summed E-state index contributed by atoms with van der Waals surface area (Å²) >= 11 is 0. The third-order valence-electron chi connectivity index (χ3n) is 0.584. The maximum Gasteiger partial charge on any atom is 0.405 e. The average Bonchev–Trinajstić information content (AvgIpc) is 1.81. The molecule has 58 valence electrons. The normalized spacial score (nSPS) is 10.7. The third kappa shape index (κ3) is 5.07. The Hall–Kier alpha value is -1.07. The van der Waals surface area contributed by atoms with Gasteiger partial charge in [0.15, 0.2) is 0 Å². The van der Waals surface area contributed by atoms with Gasteiger partial charge in [-0.15, -0.1) is 0 Å². The molecular formula is C4H5F3N2O. The first-order chi connectivity index (χ1) is 4.45. The van der Waals surface area contributed by atoms with Crippen molar-refractivity contribution in [1.29, 1.82) is 0 Å². The second kappa shape index (κ2) is 3.19. The first kappa shape index (κ1) is 8.93. The highest BCUT2D eigenvalue weighted by atomic mass is 19.4. The maximum absolute atomic E-state index is 11.3. The monoisotopic (exact) mass is 154 g/mol. The van der Waals surface area contributed by atoms with Crippen LogP contribution in [0.25, 0.3) is 0 Å². The molecule has 2 amide bonds. The minimum Gasteiger partial charge on any atom is -0.327 e. The average molecular weight is 154 g/mol. The van der Waals surface area contributed by atoms with Crippen LogP contribution in [0.3, 0.4) is 0 Å². The molecule has 0 radical (unpaired) electrons. The SMILES string of the molecule is C=NC(=O)NCC(F)(F)F. The standard InChI is InChI=1S/C4H5F3N2O/c1-8-3(10)9-2-4(5,6)7/h1-2H2,(H,9,10). The number of carbonyl (C=O) groups excluding carboxylic acids is 1. The van der Waals surface area contributed by atoms with Crippen LogP contribution in [0, 0.1) is 0 Å². The number of hydrogen-bond acceptors (Lipinski definition) is 1. The molecule has 0 aromatic rings. The molecule has 0 aliphatic carbocycles. The summed E-state index contributed by atoms with van der Waals surface area (Å²) < 4.78 is 33.8. The molecule has 10 heavy (non-hydrogen) atoms. The Morgan fingerprint density at radius 2 is 2.10 bits per heavy atom. The predicted molar refractivity (Wildman–Crippen MR) is 29.0 cm³/mol. The highest BCUT2D eigenvalue weighted by Gasteiger charge is 2.27. The van der Waals surface area contributed by atoms with E-state index in [2.05, 4.69) is 11.7 Å². The lowest BCUT2D eigenvalue weighted by Gasteiger charge is -2.04. The summed E-state index contributed by atoms with van der Waals surface area (Å²) in [7, 11) is 0. The molecular weight excluding hydrogens is 149 g/mol. The van der Waals surface area contributed by atoms with Crippen LogP contribution in [-0.4, -0.2) is 25.5 Å². The smallest absolute Gasteiger partial charge is 0.327 e. The fourth-order valence-electron chi connectivity index (χ4n) is 0.232. The number of halogens is 3. The topological polar surface area (TPSA) is 41.5 Å². The van der Waals surface area contributed by atoms with Crippen LogP contribution in [0.5, 0.6) is 0 Å². The van der Waals surface area contributed by atoms with Crippen LogP contribution in [-0.2, 0) is 0 Å². The van der Waals surface area contributed by atoms with Crippen LogP contribution in [0.4, 0.5) is 18.0 Å². The van der Waals surface area contributed by atoms with Crippen molar-refractivity contribution in [3.63, 3.8) is 0 Å². The Balaban J connectivity index is 3.55. The quantitative estimate of drug-likeness (QED) is 0.561. The van der Waals surface area contributed by atoms with Gasteiger partial charge in [0, 0.05) is 0 Å². The van der Waals surface area contributed by atoms with E-state index in [1.165, 1.54) is 5.32 Å². The Morgan fingerprint density at radius 1 is 1.60 bits per heavy atom. The summed E-state index contributed by atoms with van der Waals surface area (Å²) in [6.07, 6.45) is -4.39. The summed E-state index contributed by atoms with van der Waals surface area (Å²) in [5.41, 5.74) is 0. The van der Waals surface area contributed by atoms with Gasteiger partial charge in [0.05, 0.1) is 0 Å². The van der Waals surface area contributed by atoms with E-state index in [0.717, 1.165) is 0 Å². The zero-order chi connectivity index (χ0) is 8.20. The van der Waals surface area contributed by atoms with Gasteiger partial charge in [-0.2, -0.15) is 13.2 Å². The number of urea groups is 1. The van der Waals surface area contributed by atoms with Gasteiger partial charge in [0.1, 0.15) is 6.54 Å². The summed E-state index contributed by atoms with van der Waals surface area (Å²) in [6, 6.07) is -1.07. The molecule has 1 N–H and O–H groups in total. The molecule has 0 atom stereocenters. The lowest BCUT2D eigenvalue weighted by atomic mass is 10.6. The number of nitrogens with one attached hydrogen (secondary N) is 1. The van der Waals surface area contributed by atoms with Crippen LogP contribution in [0.2, 0.25) is 0 Å². The van der Waals surface area contributed by atoms with E-state index in [1.54, 1.807) is 0 Å². The highest BCUT2D eigenvalue weighted by Crippen LogP contribution is 2.11. The Kier molecular flexibility index (Phi) is 2.85. The first-order valence-corrected chi connectivity index (χ1v) is 2.27. The molecule has 0 fully saturated rings. The summed E-state index contributed by atoms with van der Waals surface area (Å²) in [5, 5.41) is 1.48. The van der Waals surface area contributed by atoms with Crippen molar-refractivity contribution in [3.8, 4) is 0 Å². The molecule has 0 aliphatic rings. The first-order valence-electron chi connectivity index (χ1n) is 2.27. The van der Waals surface area contributed by atoms with E-state index in [-0.39, 0.29) is 0 Å². The molecule has 0 aliphatic heterocycles. The molecule has 0 rings (SSSR count). The summed E-state index contributed by atoms with van der Waals surface area (Å²) in [5.74, 6) is 0. The van der Waals surface area contributed by atoms with E-state index >= 15 is 0 Å². The third-order valence-corrected chi connectivity index (χ3v) is 0.584. The second-order valence-electron chi connectivity index (χ2n) is 1.43. The van der Waals surface area contributed by atoms with Crippen molar-refractivity contribution in [2.24, 2.45) is 4.99 Å². The van der Waals surface area contributed by atoms with E-state index < -0.39 is 18.8 Å². The number of alkyl halides is 3. The Labute approximate surface area is 54.9 Å². The van der Waals surface area contributed by atoms with E-state index in [9.17, 15) is 18.0 Å². The molecule has 0 saturated carbocycles. The van der Waals surface area contributed by atoms with Crippen LogP contribution >= 0.6 is 0 Å². The molecule has 6 heteroatoms. The highest BCUT2D eigenvalue weighted by molar-refractivity contribution is 5.78. The lowest BCUT2D eigenvalue weighted by molar-refractivity contribution is -0.122. The van der Waals surface area contributed by atoms with Crippen molar-refractivity contribution in [2.45, 2.75) is 6.18 Å². The van der Waals surface area contributed by atoms with Crippen LogP contribution in [0.15, 0.2) is 4.99 Å². The van der Waals surface area contributed by atoms with E-state index in [4.69, 9.17) is 0 Å². The van der Waals surface area contributed by atoms with Gasteiger partial charge in [-0.05, 0) is 6.72 Å². The van der Waals surface area contributed by atoms with Crippen molar-refractivity contribution in [1.82, 2.24) is 5.32 Å². The number of amides is 2. The van der Waals surface area contributed by atoms with E-state index in [0.29, 0.717) is 0 Å². The van der Waals surface area contributed by atoms with Crippen molar-refractivity contribution >= 4 is 12.7 Å². The second-order valence-corrected chi connectivity index (χ2v) is 1.43. The molecule has 0 aromatic heterocycles. The number of aliphatic imine (C=N–C) groups is 1. The van der Waals surface area contributed by atoms with Gasteiger partial charge in [-0.25, -0.2) is 9.79 Å². The van der Waals surface area contributed by atoms with Crippen molar-refractivity contribution in [3.05, 3.63) is 0 Å². The molecule has 3 nitrogen and oxygen atoms in total. The minimum atomic E-state index is -4.39. The number of nitrogens with zero attached hydrogens (tertiary/aromatic N) is 1. The Bertz CT molecular complexity index is 142. The number of carbonyl (C=O) groups is 1. The maximum atomic E-state index is 11.3. The fraction of sp³-hybridized carbons (Fsp3) is 0.500. The molecule has 0 aromatic carbocycles. The molecule has 0 bridgehead atoms. The number of hydrogen-bond donors (Lipinski definition) is 1. The molecule has 0 spiro atoms. The van der Waals surface area contributed by atoms with Crippen molar-refractivity contribution in [2.75, 3.05) is 6.54 Å². The van der Waals surface area contributed by atoms with Crippen LogP contribution in [0.1, 0.15) is 0 Å². The largest absolute Gasteiger partial charge is 0.405 e. The van der Waals surface area contributed by atoms with Gasteiger partial charge in [-0.3, -0.25) is 0 Å². The molecule has 0 heterocycles. The minimum absolute atomic E-state index is 1.07. The molecule has 0 unspecified atom stereocenters. The molecule has 0 saturated heterocycles. The van der Waals surface area contributed by atoms with Gasteiger partial charge in [0.2, 0.25) is 0 Å².